The van der Waals surface area contributed by atoms with Crippen LogP contribution in [0.4, 0.5) is 5.69 Å². The molecule has 138 valence electrons. The van der Waals surface area contributed by atoms with E-state index in [4.69, 9.17) is 0 Å². The van der Waals surface area contributed by atoms with Gasteiger partial charge in [0.2, 0.25) is 11.8 Å². The van der Waals surface area contributed by atoms with Crippen LogP contribution in [0.15, 0.2) is 36.4 Å². The number of amides is 2. The second kappa shape index (κ2) is 5.65. The maximum absolute atomic E-state index is 13.1. The monoisotopic (exact) mass is 361 g/mol. The Bertz CT molecular complexity index is 956. The van der Waals surface area contributed by atoms with Crippen LogP contribution in [0.3, 0.4) is 0 Å². The number of rotatable bonds is 3. The van der Waals surface area contributed by atoms with Crippen LogP contribution in [-0.4, -0.2) is 21.6 Å². The third-order valence-corrected chi connectivity index (χ3v) is 6.49. The molecular weight excluding hydrogens is 338 g/mol. The minimum atomic E-state index is -0.174. The molecular formula is C22H23N3O2. The molecule has 2 heterocycles. The highest BCUT2D eigenvalue weighted by atomic mass is 16.2. The number of anilines is 1. The number of hydrogen-bond acceptors (Lipinski definition) is 3. The van der Waals surface area contributed by atoms with Crippen LogP contribution in [0.5, 0.6) is 0 Å². The van der Waals surface area contributed by atoms with Gasteiger partial charge in [-0.25, -0.2) is 4.90 Å². The third-order valence-electron chi connectivity index (χ3n) is 6.49. The SMILES string of the molecule is Cc1ccc(Cn2nc(C)c(N3C(=O)[C@@H]4[C@H](C3=O)[C@@H]3C=C[C@H]4C3)c2C)cc1. The van der Waals surface area contributed by atoms with E-state index in [0.717, 1.165) is 23.4 Å². The molecule has 2 amide bonds. The highest BCUT2D eigenvalue weighted by Crippen LogP contribution is 2.53. The van der Waals surface area contributed by atoms with Crippen molar-refractivity contribution in [1.82, 2.24) is 9.78 Å². The quantitative estimate of drug-likeness (QED) is 0.623. The van der Waals surface area contributed by atoms with E-state index in [9.17, 15) is 9.59 Å². The second-order valence-electron chi connectivity index (χ2n) is 8.17. The van der Waals surface area contributed by atoms with E-state index >= 15 is 0 Å². The number of aryl methyl sites for hydroxylation is 2. The molecule has 4 atom stereocenters. The van der Waals surface area contributed by atoms with Crippen LogP contribution >= 0.6 is 0 Å². The van der Waals surface area contributed by atoms with Crippen LogP contribution < -0.4 is 4.90 Å². The molecule has 0 N–H and O–H groups in total. The fourth-order valence-electron chi connectivity index (χ4n) is 5.15. The zero-order chi connectivity index (χ0) is 18.9. The van der Waals surface area contributed by atoms with Crippen molar-refractivity contribution in [3.63, 3.8) is 0 Å². The van der Waals surface area contributed by atoms with E-state index in [-0.39, 0.29) is 35.5 Å². The summed E-state index contributed by atoms with van der Waals surface area (Å²) in [7, 11) is 0. The largest absolute Gasteiger partial charge is 0.274 e. The first-order valence-corrected chi connectivity index (χ1v) is 9.61. The topological polar surface area (TPSA) is 55.2 Å². The molecule has 2 fully saturated rings. The van der Waals surface area contributed by atoms with Crippen molar-refractivity contribution in [3.05, 3.63) is 58.9 Å². The molecule has 2 aromatic rings. The van der Waals surface area contributed by atoms with Crippen LogP contribution in [0, 0.1) is 44.4 Å². The second-order valence-corrected chi connectivity index (χ2v) is 8.17. The van der Waals surface area contributed by atoms with E-state index in [1.165, 1.54) is 10.5 Å². The fourth-order valence-corrected chi connectivity index (χ4v) is 5.15. The van der Waals surface area contributed by atoms with Crippen molar-refractivity contribution >= 4 is 17.5 Å². The first-order chi connectivity index (χ1) is 13.0. The van der Waals surface area contributed by atoms with Gasteiger partial charge in [-0.2, -0.15) is 5.10 Å². The molecule has 1 aromatic carbocycles. The smallest absolute Gasteiger partial charge is 0.238 e. The lowest BCUT2D eigenvalue weighted by atomic mass is 9.85. The number of aromatic nitrogens is 2. The summed E-state index contributed by atoms with van der Waals surface area (Å²) in [6, 6.07) is 8.34. The van der Waals surface area contributed by atoms with E-state index < -0.39 is 0 Å². The normalized spacial score (nSPS) is 28.5. The van der Waals surface area contributed by atoms with Gasteiger partial charge in [0.25, 0.3) is 0 Å². The van der Waals surface area contributed by atoms with Gasteiger partial charge >= 0.3 is 0 Å². The molecule has 1 aromatic heterocycles. The van der Waals surface area contributed by atoms with E-state index in [1.807, 2.05) is 18.5 Å². The molecule has 3 aliphatic rings. The minimum absolute atomic E-state index is 0.0389. The Kier molecular flexibility index (Phi) is 3.45. The maximum atomic E-state index is 13.1. The Morgan fingerprint density at radius 3 is 2.15 bits per heavy atom. The van der Waals surface area contributed by atoms with Gasteiger partial charge in [0, 0.05) is 0 Å². The summed E-state index contributed by atoms with van der Waals surface area (Å²) in [6.07, 6.45) is 5.20. The van der Waals surface area contributed by atoms with Gasteiger partial charge < -0.3 is 0 Å². The molecule has 5 heteroatoms. The average Bonchev–Trinajstić information content (AvgIpc) is 3.37. The summed E-state index contributed by atoms with van der Waals surface area (Å²) < 4.78 is 1.90. The predicted octanol–water partition coefficient (Wildman–Crippen LogP) is 3.17. The lowest BCUT2D eigenvalue weighted by molar-refractivity contribution is -0.123. The zero-order valence-electron chi connectivity index (χ0n) is 15.8. The Balaban J connectivity index is 1.49. The van der Waals surface area contributed by atoms with Crippen molar-refractivity contribution < 1.29 is 9.59 Å². The number of hydrogen-bond donors (Lipinski definition) is 0. The van der Waals surface area contributed by atoms with Crippen molar-refractivity contribution in [2.75, 3.05) is 4.90 Å². The minimum Gasteiger partial charge on any atom is -0.274 e. The molecule has 0 unspecified atom stereocenters. The molecule has 1 saturated carbocycles. The highest BCUT2D eigenvalue weighted by molar-refractivity contribution is 6.23. The zero-order valence-corrected chi connectivity index (χ0v) is 15.8. The van der Waals surface area contributed by atoms with Crippen molar-refractivity contribution in [1.29, 1.82) is 0 Å². The highest BCUT2D eigenvalue weighted by Gasteiger charge is 2.60. The van der Waals surface area contributed by atoms with Crippen LogP contribution in [0.2, 0.25) is 0 Å². The number of carbonyl (C=O) groups excluding carboxylic acids is 2. The predicted molar refractivity (Wildman–Crippen MR) is 102 cm³/mol. The van der Waals surface area contributed by atoms with Crippen LogP contribution in [0.25, 0.3) is 0 Å². The van der Waals surface area contributed by atoms with Gasteiger partial charge in [0.15, 0.2) is 0 Å². The van der Waals surface area contributed by atoms with Gasteiger partial charge in [0.05, 0.1) is 35.5 Å². The van der Waals surface area contributed by atoms with Crippen molar-refractivity contribution in [2.24, 2.45) is 23.7 Å². The summed E-state index contributed by atoms with van der Waals surface area (Å²) in [5.74, 6) is 0.0266. The van der Waals surface area contributed by atoms with E-state index in [0.29, 0.717) is 12.2 Å². The fraction of sp³-hybridized carbons (Fsp3) is 0.409. The van der Waals surface area contributed by atoms with Crippen LogP contribution in [0.1, 0.15) is 28.9 Å². The number of benzene rings is 1. The molecule has 5 rings (SSSR count). The van der Waals surface area contributed by atoms with Gasteiger partial charge in [-0.1, -0.05) is 42.0 Å². The Labute approximate surface area is 158 Å². The number of allylic oxidation sites excluding steroid dienone is 2. The molecule has 0 radical (unpaired) electrons. The third kappa shape index (κ3) is 2.27. The van der Waals surface area contributed by atoms with Gasteiger partial charge in [0.1, 0.15) is 0 Å². The van der Waals surface area contributed by atoms with Gasteiger partial charge in [-0.05, 0) is 44.6 Å². The number of fused-ring (bicyclic) bond motifs is 5. The van der Waals surface area contributed by atoms with Crippen LogP contribution in [-0.2, 0) is 16.1 Å². The van der Waals surface area contributed by atoms with Crippen molar-refractivity contribution in [2.45, 2.75) is 33.7 Å². The first kappa shape index (κ1) is 16.5. The lowest BCUT2D eigenvalue weighted by Gasteiger charge is -2.18. The molecule has 1 aliphatic heterocycles. The first-order valence-electron chi connectivity index (χ1n) is 9.61. The Morgan fingerprint density at radius 1 is 0.963 bits per heavy atom. The molecule has 2 bridgehead atoms. The number of nitrogens with zero attached hydrogens (tertiary/aromatic N) is 3. The molecule has 1 saturated heterocycles. The van der Waals surface area contributed by atoms with Crippen molar-refractivity contribution in [3.8, 4) is 0 Å². The van der Waals surface area contributed by atoms with Gasteiger partial charge in [-0.15, -0.1) is 0 Å². The number of imide groups is 1. The molecule has 27 heavy (non-hydrogen) atoms. The summed E-state index contributed by atoms with van der Waals surface area (Å²) in [4.78, 5) is 27.7. The standard InChI is InChI=1S/C22H23N3O2/c1-12-4-6-15(7-5-12)11-24-14(3)20(13(2)23-24)25-21(26)18-16-8-9-17(10-16)19(18)22(25)27/h4-9,16-19H,10-11H2,1-3H3/t16-,17+,18-,19+. The van der Waals surface area contributed by atoms with E-state index in [1.54, 1.807) is 0 Å². The summed E-state index contributed by atoms with van der Waals surface area (Å²) in [5.41, 5.74) is 4.66. The van der Waals surface area contributed by atoms with E-state index in [2.05, 4.69) is 48.4 Å². The van der Waals surface area contributed by atoms with Gasteiger partial charge in [-0.3, -0.25) is 14.3 Å². The number of carbonyl (C=O) groups is 2. The average molecular weight is 361 g/mol. The molecule has 0 spiro atoms. The Hall–Kier alpha value is -2.69. The summed E-state index contributed by atoms with van der Waals surface area (Å²) >= 11 is 0. The maximum Gasteiger partial charge on any atom is 0.238 e. The molecule has 2 aliphatic carbocycles. The lowest BCUT2D eigenvalue weighted by Crippen LogP contribution is -2.33. The summed E-state index contributed by atoms with van der Waals surface area (Å²) in [6.45, 7) is 6.53. The summed E-state index contributed by atoms with van der Waals surface area (Å²) in [5, 5.41) is 4.64. The molecule has 5 nitrogen and oxygen atoms in total. The Morgan fingerprint density at radius 2 is 1.56 bits per heavy atom.